The van der Waals surface area contributed by atoms with Crippen LogP contribution in [0.2, 0.25) is 0 Å². The molecule has 0 N–H and O–H groups in total. The fourth-order valence-electron chi connectivity index (χ4n) is 3.47. The van der Waals surface area contributed by atoms with Crippen LogP contribution in [0.5, 0.6) is 0 Å². The minimum atomic E-state index is -3.68. The molecule has 152 valence electrons. The van der Waals surface area contributed by atoms with Gasteiger partial charge in [0.2, 0.25) is 10.0 Å². The van der Waals surface area contributed by atoms with E-state index < -0.39 is 10.0 Å². The molecule has 1 heterocycles. The summed E-state index contributed by atoms with van der Waals surface area (Å²) in [5.41, 5.74) is 2.89. The van der Waals surface area contributed by atoms with Crippen LogP contribution in [0.3, 0.4) is 0 Å². The van der Waals surface area contributed by atoms with Gasteiger partial charge >= 0.3 is 0 Å². The van der Waals surface area contributed by atoms with Crippen molar-refractivity contribution in [3.63, 3.8) is 0 Å². The SMILES string of the molecule is CC(C)c1ccc(C(C)C)c(S(=O)(=O)N(CC2CO2)C(C)c2ccccc2)c1. The largest absolute Gasteiger partial charge is 0.372 e. The van der Waals surface area contributed by atoms with Gasteiger partial charge in [-0.3, -0.25) is 0 Å². The van der Waals surface area contributed by atoms with Crippen LogP contribution in [-0.2, 0) is 14.8 Å². The summed E-state index contributed by atoms with van der Waals surface area (Å²) in [5, 5.41) is 0. The first-order valence-corrected chi connectivity index (χ1v) is 11.5. The second kappa shape index (κ2) is 8.36. The van der Waals surface area contributed by atoms with Crippen LogP contribution in [0.25, 0.3) is 0 Å². The molecule has 1 aliphatic rings. The van der Waals surface area contributed by atoms with E-state index in [-0.39, 0.29) is 24.0 Å². The number of hydrogen-bond acceptors (Lipinski definition) is 3. The van der Waals surface area contributed by atoms with Crippen molar-refractivity contribution < 1.29 is 13.2 Å². The van der Waals surface area contributed by atoms with E-state index in [1.165, 1.54) is 0 Å². The third-order valence-electron chi connectivity index (χ3n) is 5.41. The van der Waals surface area contributed by atoms with Crippen LogP contribution < -0.4 is 0 Å². The van der Waals surface area contributed by atoms with Gasteiger partial charge in [0.25, 0.3) is 0 Å². The predicted octanol–water partition coefficient (Wildman–Crippen LogP) is 5.08. The summed E-state index contributed by atoms with van der Waals surface area (Å²) in [6, 6.07) is 15.4. The number of benzene rings is 2. The molecule has 28 heavy (non-hydrogen) atoms. The molecule has 0 saturated carbocycles. The highest BCUT2D eigenvalue weighted by Crippen LogP contribution is 2.34. The van der Waals surface area contributed by atoms with Gasteiger partial charge in [0.05, 0.1) is 17.6 Å². The Morgan fingerprint density at radius 2 is 1.61 bits per heavy atom. The lowest BCUT2D eigenvalue weighted by Gasteiger charge is -2.30. The van der Waals surface area contributed by atoms with Crippen LogP contribution >= 0.6 is 0 Å². The Labute approximate surface area is 169 Å². The Hall–Kier alpha value is -1.69. The Balaban J connectivity index is 2.10. The van der Waals surface area contributed by atoms with E-state index in [0.717, 1.165) is 16.7 Å². The van der Waals surface area contributed by atoms with Gasteiger partial charge in [-0.1, -0.05) is 70.2 Å². The zero-order chi connectivity index (χ0) is 20.5. The third kappa shape index (κ3) is 4.48. The van der Waals surface area contributed by atoms with Gasteiger partial charge in [-0.15, -0.1) is 0 Å². The van der Waals surface area contributed by atoms with E-state index in [1.807, 2.05) is 69.3 Å². The molecule has 2 aromatic carbocycles. The smallest absolute Gasteiger partial charge is 0.244 e. The molecular weight excluding hydrogens is 370 g/mol. The summed E-state index contributed by atoms with van der Waals surface area (Å²) < 4.78 is 34.8. The summed E-state index contributed by atoms with van der Waals surface area (Å²) in [7, 11) is -3.68. The topological polar surface area (TPSA) is 49.9 Å². The molecule has 3 rings (SSSR count). The first kappa shape index (κ1) is 21.0. The molecule has 0 bridgehead atoms. The number of ether oxygens (including phenoxy) is 1. The highest BCUT2D eigenvalue weighted by molar-refractivity contribution is 7.89. The maximum absolute atomic E-state index is 13.9. The number of sulfonamides is 1. The van der Waals surface area contributed by atoms with Crippen molar-refractivity contribution in [1.82, 2.24) is 4.31 Å². The van der Waals surface area contributed by atoms with Crippen molar-refractivity contribution in [2.75, 3.05) is 13.2 Å². The molecule has 5 heteroatoms. The lowest BCUT2D eigenvalue weighted by atomic mass is 9.97. The third-order valence-corrected chi connectivity index (χ3v) is 7.40. The van der Waals surface area contributed by atoms with E-state index in [9.17, 15) is 8.42 Å². The van der Waals surface area contributed by atoms with Gasteiger partial charge < -0.3 is 4.74 Å². The summed E-state index contributed by atoms with van der Waals surface area (Å²) in [4.78, 5) is 0.428. The molecule has 0 amide bonds. The van der Waals surface area contributed by atoms with Gasteiger partial charge in [-0.2, -0.15) is 4.31 Å². The lowest BCUT2D eigenvalue weighted by molar-refractivity contribution is 0.295. The fourth-order valence-corrected chi connectivity index (χ4v) is 5.51. The molecule has 4 nitrogen and oxygen atoms in total. The number of epoxide rings is 1. The first-order chi connectivity index (χ1) is 13.2. The quantitative estimate of drug-likeness (QED) is 0.579. The van der Waals surface area contributed by atoms with Crippen LogP contribution in [0.1, 0.15) is 69.2 Å². The maximum Gasteiger partial charge on any atom is 0.244 e. The minimum Gasteiger partial charge on any atom is -0.372 e. The Morgan fingerprint density at radius 3 is 2.14 bits per heavy atom. The molecule has 0 spiro atoms. The zero-order valence-electron chi connectivity index (χ0n) is 17.4. The second-order valence-corrected chi connectivity index (χ2v) is 10.1. The molecule has 0 aromatic heterocycles. The average Bonchev–Trinajstić information content (AvgIpc) is 3.49. The van der Waals surface area contributed by atoms with E-state index in [2.05, 4.69) is 13.8 Å². The molecule has 1 saturated heterocycles. The Kier molecular flexibility index (Phi) is 6.28. The Morgan fingerprint density at radius 1 is 0.964 bits per heavy atom. The van der Waals surface area contributed by atoms with Crippen molar-refractivity contribution in [2.24, 2.45) is 0 Å². The van der Waals surface area contributed by atoms with Gasteiger partial charge in [-0.25, -0.2) is 8.42 Å². The zero-order valence-corrected chi connectivity index (χ0v) is 18.2. The molecule has 0 radical (unpaired) electrons. The Bertz CT molecular complexity index is 903. The van der Waals surface area contributed by atoms with E-state index in [1.54, 1.807) is 4.31 Å². The highest BCUT2D eigenvalue weighted by atomic mass is 32.2. The fraction of sp³-hybridized carbons (Fsp3) is 0.478. The van der Waals surface area contributed by atoms with Crippen LogP contribution in [0.4, 0.5) is 0 Å². The molecule has 2 aromatic rings. The highest BCUT2D eigenvalue weighted by Gasteiger charge is 2.37. The maximum atomic E-state index is 13.9. The number of rotatable bonds is 8. The van der Waals surface area contributed by atoms with Gasteiger partial charge in [0.1, 0.15) is 0 Å². The molecular formula is C23H31NO3S. The number of hydrogen-bond donors (Lipinski definition) is 0. The minimum absolute atomic E-state index is 0.0169. The summed E-state index contributed by atoms with van der Waals surface area (Å²) in [6.07, 6.45) is -0.0169. The lowest BCUT2D eigenvalue weighted by Crippen LogP contribution is -2.37. The molecule has 0 aliphatic carbocycles. The van der Waals surface area contributed by atoms with Gasteiger partial charge in [-0.05, 0) is 41.5 Å². The van der Waals surface area contributed by atoms with E-state index in [4.69, 9.17) is 4.74 Å². The predicted molar refractivity (Wildman–Crippen MR) is 113 cm³/mol. The molecule has 1 fully saturated rings. The molecule has 2 atom stereocenters. The summed E-state index contributed by atoms with van der Waals surface area (Å²) in [5.74, 6) is 0.388. The van der Waals surface area contributed by atoms with E-state index >= 15 is 0 Å². The van der Waals surface area contributed by atoms with Crippen molar-refractivity contribution >= 4 is 10.0 Å². The monoisotopic (exact) mass is 401 g/mol. The van der Waals surface area contributed by atoms with Crippen LogP contribution in [-0.4, -0.2) is 32.0 Å². The normalized spacial score (nSPS) is 18.1. The van der Waals surface area contributed by atoms with Crippen molar-refractivity contribution in [3.8, 4) is 0 Å². The van der Waals surface area contributed by atoms with Crippen molar-refractivity contribution in [3.05, 3.63) is 65.2 Å². The molecule has 1 aliphatic heterocycles. The average molecular weight is 402 g/mol. The van der Waals surface area contributed by atoms with Crippen molar-refractivity contribution in [2.45, 2.75) is 63.5 Å². The standard InChI is InChI=1S/C23H31NO3S/c1-16(2)20-11-12-22(17(3)4)23(13-20)28(25,26)24(14-21-15-27-21)18(5)19-9-7-6-8-10-19/h6-13,16-18,21H,14-15H2,1-5H3. The van der Waals surface area contributed by atoms with Crippen molar-refractivity contribution in [1.29, 1.82) is 0 Å². The first-order valence-electron chi connectivity index (χ1n) is 10.0. The van der Waals surface area contributed by atoms with Gasteiger partial charge in [0, 0.05) is 12.6 Å². The van der Waals surface area contributed by atoms with Crippen LogP contribution in [0, 0.1) is 0 Å². The summed E-state index contributed by atoms with van der Waals surface area (Å²) >= 11 is 0. The summed E-state index contributed by atoms with van der Waals surface area (Å²) in [6.45, 7) is 11.2. The number of nitrogens with zero attached hydrogens (tertiary/aromatic N) is 1. The van der Waals surface area contributed by atoms with E-state index in [0.29, 0.717) is 18.0 Å². The molecule has 2 unspecified atom stereocenters. The second-order valence-electron chi connectivity index (χ2n) is 8.22. The van der Waals surface area contributed by atoms with Gasteiger partial charge in [0.15, 0.2) is 0 Å². The van der Waals surface area contributed by atoms with Crippen LogP contribution in [0.15, 0.2) is 53.4 Å².